The first-order valence-corrected chi connectivity index (χ1v) is 13.6. The molecule has 1 aliphatic rings. The standard InChI is InChI=1S/C27H39N5O4S.ClH/c1-17-23(37-16-30-17)19-10-8-18(9-11-19)14-29-25(35)21-13-20(33)15-32(21)26(36)24(27(2,3)4)31-22(34)7-5-6-12-28;/h8-11,16,20-21,24,33H,5-7,12-15,28H2,1-4H3,(H,29,35)(H,31,34);1H/t20-,21+,24-;/m1./s1. The highest BCUT2D eigenvalue weighted by Gasteiger charge is 2.44. The molecule has 3 amide bonds. The molecule has 0 bridgehead atoms. The van der Waals surface area contributed by atoms with Gasteiger partial charge in [0.25, 0.3) is 0 Å². The number of likely N-dealkylation sites (tertiary alicyclic amines) is 1. The quantitative estimate of drug-likeness (QED) is 0.327. The van der Waals surface area contributed by atoms with Gasteiger partial charge in [0.15, 0.2) is 0 Å². The number of carbonyl (C=O) groups is 3. The van der Waals surface area contributed by atoms with E-state index in [0.717, 1.165) is 28.1 Å². The topological polar surface area (TPSA) is 138 Å². The van der Waals surface area contributed by atoms with Crippen LogP contribution in [-0.4, -0.2) is 64.0 Å². The minimum absolute atomic E-state index is 0. The molecule has 0 spiro atoms. The van der Waals surface area contributed by atoms with E-state index in [4.69, 9.17) is 5.73 Å². The molecule has 9 nitrogen and oxygen atoms in total. The van der Waals surface area contributed by atoms with Crippen LogP contribution in [0.15, 0.2) is 29.8 Å². The molecule has 1 aromatic carbocycles. The molecule has 0 aliphatic carbocycles. The molecule has 3 rings (SSSR count). The van der Waals surface area contributed by atoms with Gasteiger partial charge in [0.1, 0.15) is 12.1 Å². The summed E-state index contributed by atoms with van der Waals surface area (Å²) in [6.07, 6.45) is 1.01. The Morgan fingerprint density at radius 2 is 1.89 bits per heavy atom. The van der Waals surface area contributed by atoms with Crippen molar-refractivity contribution in [2.75, 3.05) is 13.1 Å². The molecule has 0 radical (unpaired) electrons. The lowest BCUT2D eigenvalue weighted by atomic mass is 9.85. The second kappa shape index (κ2) is 14.0. The second-order valence-electron chi connectivity index (χ2n) is 10.7. The maximum Gasteiger partial charge on any atom is 0.246 e. The van der Waals surface area contributed by atoms with E-state index in [1.165, 1.54) is 4.90 Å². The predicted octanol–water partition coefficient (Wildman–Crippen LogP) is 2.78. The number of hydrogen-bond acceptors (Lipinski definition) is 7. The smallest absolute Gasteiger partial charge is 0.246 e. The first-order valence-electron chi connectivity index (χ1n) is 12.8. The zero-order valence-corrected chi connectivity index (χ0v) is 24.2. The third-order valence-electron chi connectivity index (χ3n) is 6.57. The fraction of sp³-hybridized carbons (Fsp3) is 0.556. The molecular weight excluding hydrogens is 526 g/mol. The van der Waals surface area contributed by atoms with E-state index in [2.05, 4.69) is 15.6 Å². The van der Waals surface area contributed by atoms with E-state index < -0.39 is 23.6 Å². The highest BCUT2D eigenvalue weighted by molar-refractivity contribution is 7.13. The first kappa shape index (κ1) is 31.7. The van der Waals surface area contributed by atoms with Crippen molar-refractivity contribution in [1.82, 2.24) is 20.5 Å². The molecule has 1 fully saturated rings. The predicted molar refractivity (Wildman–Crippen MR) is 152 cm³/mol. The summed E-state index contributed by atoms with van der Waals surface area (Å²) in [4.78, 5) is 46.0. The number of nitrogens with two attached hydrogens (primary N) is 1. The van der Waals surface area contributed by atoms with E-state index in [1.807, 2.05) is 57.5 Å². The minimum Gasteiger partial charge on any atom is -0.391 e. The van der Waals surface area contributed by atoms with Gasteiger partial charge in [-0.05, 0) is 42.9 Å². The Morgan fingerprint density at radius 3 is 2.47 bits per heavy atom. The number of rotatable bonds is 10. The number of aliphatic hydroxyl groups is 1. The van der Waals surface area contributed by atoms with Crippen molar-refractivity contribution in [2.45, 2.75) is 78.1 Å². The van der Waals surface area contributed by atoms with Crippen LogP contribution < -0.4 is 16.4 Å². The summed E-state index contributed by atoms with van der Waals surface area (Å²) in [5.41, 5.74) is 9.73. The van der Waals surface area contributed by atoms with Crippen LogP contribution in [-0.2, 0) is 20.9 Å². The van der Waals surface area contributed by atoms with Crippen molar-refractivity contribution in [3.05, 3.63) is 41.0 Å². The SMILES string of the molecule is Cc1ncsc1-c1ccc(CNC(=O)[C@@H]2C[C@@H](O)CN2C(=O)[C@@H](NC(=O)CCCCN)C(C)(C)C)cc1.Cl. The van der Waals surface area contributed by atoms with Crippen molar-refractivity contribution in [2.24, 2.45) is 11.1 Å². The van der Waals surface area contributed by atoms with Gasteiger partial charge in [-0.1, -0.05) is 45.0 Å². The maximum atomic E-state index is 13.6. The van der Waals surface area contributed by atoms with Crippen LogP contribution >= 0.6 is 23.7 Å². The average Bonchev–Trinajstić information content (AvgIpc) is 3.46. The third-order valence-corrected chi connectivity index (χ3v) is 7.55. The van der Waals surface area contributed by atoms with Crippen LogP contribution in [0.3, 0.4) is 0 Å². The van der Waals surface area contributed by atoms with Gasteiger partial charge in [-0.3, -0.25) is 14.4 Å². The molecule has 210 valence electrons. The van der Waals surface area contributed by atoms with Crippen LogP contribution in [0, 0.1) is 12.3 Å². The number of benzene rings is 1. The van der Waals surface area contributed by atoms with E-state index in [0.29, 0.717) is 19.5 Å². The molecule has 0 saturated carbocycles. The third kappa shape index (κ3) is 8.23. The van der Waals surface area contributed by atoms with Crippen LogP contribution in [0.5, 0.6) is 0 Å². The summed E-state index contributed by atoms with van der Waals surface area (Å²) in [6, 6.07) is 6.29. The van der Waals surface area contributed by atoms with Gasteiger partial charge >= 0.3 is 0 Å². The van der Waals surface area contributed by atoms with Crippen molar-refractivity contribution in [3.63, 3.8) is 0 Å². The average molecular weight is 566 g/mol. The lowest BCUT2D eigenvalue weighted by Gasteiger charge is -2.35. The van der Waals surface area contributed by atoms with Gasteiger partial charge in [0.2, 0.25) is 17.7 Å². The van der Waals surface area contributed by atoms with Gasteiger partial charge in [0, 0.05) is 25.9 Å². The number of aryl methyl sites for hydroxylation is 1. The number of amides is 3. The lowest BCUT2D eigenvalue weighted by Crippen LogP contribution is -2.57. The Hall–Kier alpha value is -2.53. The maximum absolute atomic E-state index is 13.6. The van der Waals surface area contributed by atoms with Gasteiger partial charge < -0.3 is 26.4 Å². The monoisotopic (exact) mass is 565 g/mol. The molecule has 38 heavy (non-hydrogen) atoms. The molecule has 2 aromatic rings. The fourth-order valence-electron chi connectivity index (χ4n) is 4.44. The highest BCUT2D eigenvalue weighted by Crippen LogP contribution is 2.28. The number of aliphatic hydroxyl groups excluding tert-OH is 1. The second-order valence-corrected chi connectivity index (χ2v) is 11.5. The molecule has 1 saturated heterocycles. The lowest BCUT2D eigenvalue weighted by molar-refractivity contribution is -0.144. The van der Waals surface area contributed by atoms with E-state index >= 15 is 0 Å². The Morgan fingerprint density at radius 1 is 1.21 bits per heavy atom. The number of halogens is 1. The molecule has 11 heteroatoms. The zero-order chi connectivity index (χ0) is 27.2. The van der Waals surface area contributed by atoms with Crippen molar-refractivity contribution < 1.29 is 19.5 Å². The summed E-state index contributed by atoms with van der Waals surface area (Å²) in [6.45, 7) is 8.44. The van der Waals surface area contributed by atoms with Gasteiger partial charge in [-0.25, -0.2) is 4.98 Å². The number of carbonyl (C=O) groups excluding carboxylic acids is 3. The van der Waals surface area contributed by atoms with Crippen LogP contribution in [0.2, 0.25) is 0 Å². The van der Waals surface area contributed by atoms with Gasteiger partial charge in [-0.15, -0.1) is 23.7 Å². The Bertz CT molecular complexity index is 1090. The van der Waals surface area contributed by atoms with E-state index in [1.54, 1.807) is 11.3 Å². The Balaban J connectivity index is 0.00000507. The number of aromatic nitrogens is 1. The minimum atomic E-state index is -0.818. The van der Waals surface area contributed by atoms with Gasteiger partial charge in [0.05, 0.1) is 22.2 Å². The molecule has 3 atom stereocenters. The summed E-state index contributed by atoms with van der Waals surface area (Å²) in [7, 11) is 0. The Kier molecular flexibility index (Phi) is 11.7. The highest BCUT2D eigenvalue weighted by atomic mass is 35.5. The van der Waals surface area contributed by atoms with Crippen LogP contribution in [0.25, 0.3) is 10.4 Å². The molecule has 0 unspecified atom stereocenters. The summed E-state index contributed by atoms with van der Waals surface area (Å²) in [5, 5.41) is 16.1. The van der Waals surface area contributed by atoms with Gasteiger partial charge in [-0.2, -0.15) is 0 Å². The van der Waals surface area contributed by atoms with E-state index in [9.17, 15) is 19.5 Å². The number of nitrogens with zero attached hydrogens (tertiary/aromatic N) is 2. The fourth-order valence-corrected chi connectivity index (χ4v) is 5.26. The summed E-state index contributed by atoms with van der Waals surface area (Å²) < 4.78 is 0. The van der Waals surface area contributed by atoms with Crippen LogP contribution in [0.4, 0.5) is 0 Å². The van der Waals surface area contributed by atoms with E-state index in [-0.39, 0.29) is 49.5 Å². The van der Waals surface area contributed by atoms with Crippen molar-refractivity contribution in [3.8, 4) is 10.4 Å². The summed E-state index contributed by atoms with van der Waals surface area (Å²) in [5.74, 6) is -0.908. The van der Waals surface area contributed by atoms with Crippen molar-refractivity contribution >= 4 is 41.5 Å². The summed E-state index contributed by atoms with van der Waals surface area (Å²) >= 11 is 1.59. The number of thiazole rings is 1. The number of hydrogen-bond donors (Lipinski definition) is 4. The number of nitrogens with one attached hydrogen (secondary N) is 2. The zero-order valence-electron chi connectivity index (χ0n) is 22.5. The van der Waals surface area contributed by atoms with Crippen molar-refractivity contribution in [1.29, 1.82) is 0 Å². The largest absolute Gasteiger partial charge is 0.391 e. The Labute approximate surface area is 235 Å². The molecule has 1 aliphatic heterocycles. The first-order chi connectivity index (χ1) is 17.5. The van der Waals surface area contributed by atoms with Crippen LogP contribution in [0.1, 0.15) is 57.7 Å². The molecule has 2 heterocycles. The molecular formula is C27H40ClN5O4S. The molecule has 1 aromatic heterocycles. The number of unbranched alkanes of at least 4 members (excludes halogenated alkanes) is 1. The number of β-amino-alcohol motifs (C(OH)–C–C–N with tert-alkyl or cyclic N) is 1. The normalized spacial score (nSPS) is 18.0. The molecule has 5 N–H and O–H groups in total.